The molecule has 19 heavy (non-hydrogen) atoms. The molecular weight excluding hydrogens is 252 g/mol. The Morgan fingerprint density at radius 2 is 1.68 bits per heavy atom. The van der Waals surface area contributed by atoms with Crippen LogP contribution < -0.4 is 9.74 Å². The Hall–Kier alpha value is -0.843. The molecule has 1 N–H and O–H groups in total. The summed E-state index contributed by atoms with van der Waals surface area (Å²) < 4.78 is 6.00. The highest BCUT2D eigenvalue weighted by Gasteiger charge is 2.19. The van der Waals surface area contributed by atoms with Gasteiger partial charge in [-0.3, -0.25) is 4.90 Å². The molecule has 0 aromatic heterocycles. The Morgan fingerprint density at radius 1 is 1.11 bits per heavy atom. The number of piperazine rings is 1. The van der Waals surface area contributed by atoms with E-state index in [1.54, 1.807) is 0 Å². The van der Waals surface area contributed by atoms with Crippen molar-refractivity contribution in [1.29, 1.82) is 0 Å². The maximum absolute atomic E-state index is 6.00. The lowest BCUT2D eigenvalue weighted by atomic mass is 10.1. The van der Waals surface area contributed by atoms with E-state index in [1.165, 1.54) is 5.56 Å². The highest BCUT2D eigenvalue weighted by atomic mass is 28.4. The number of nitrogens with one attached hydrogen (secondary N) is 1. The molecule has 0 saturated carbocycles. The molecule has 2 rings (SSSR count). The smallest absolute Gasteiger partial charge is 0.242 e. The van der Waals surface area contributed by atoms with Gasteiger partial charge < -0.3 is 9.74 Å². The molecule has 1 heterocycles. The Bertz CT molecular complexity index is 394. The van der Waals surface area contributed by atoms with Crippen LogP contribution in [0.1, 0.15) is 18.5 Å². The molecule has 0 aliphatic carbocycles. The van der Waals surface area contributed by atoms with Gasteiger partial charge in [0.25, 0.3) is 0 Å². The molecule has 1 aliphatic rings. The van der Waals surface area contributed by atoms with Gasteiger partial charge in [0.15, 0.2) is 0 Å². The fourth-order valence-electron chi connectivity index (χ4n) is 2.45. The predicted octanol–water partition coefficient (Wildman–Crippen LogP) is 2.87. The summed E-state index contributed by atoms with van der Waals surface area (Å²) in [6, 6.07) is 9.14. The zero-order valence-electron chi connectivity index (χ0n) is 12.6. The van der Waals surface area contributed by atoms with Crippen LogP contribution in [0.5, 0.6) is 5.75 Å². The maximum atomic E-state index is 6.00. The van der Waals surface area contributed by atoms with E-state index >= 15 is 0 Å². The molecule has 1 aromatic rings. The fourth-order valence-corrected chi connectivity index (χ4v) is 3.29. The number of rotatable bonds is 4. The average molecular weight is 278 g/mol. The lowest BCUT2D eigenvalue weighted by Crippen LogP contribution is -2.44. The number of hydrogen-bond donors (Lipinski definition) is 1. The number of hydrogen-bond acceptors (Lipinski definition) is 3. The monoisotopic (exact) mass is 278 g/mol. The van der Waals surface area contributed by atoms with Crippen LogP contribution >= 0.6 is 0 Å². The van der Waals surface area contributed by atoms with E-state index in [2.05, 4.69) is 61.0 Å². The second-order valence-electron chi connectivity index (χ2n) is 6.25. The third kappa shape index (κ3) is 4.33. The van der Waals surface area contributed by atoms with Crippen molar-refractivity contribution in [3.05, 3.63) is 29.8 Å². The summed E-state index contributed by atoms with van der Waals surface area (Å²) in [5, 5.41) is 3.40. The normalized spacial score (nSPS) is 19.2. The summed E-state index contributed by atoms with van der Waals surface area (Å²) in [4.78, 5) is 2.53. The number of nitrogens with zero attached hydrogens (tertiary/aromatic N) is 1. The van der Waals surface area contributed by atoms with Gasteiger partial charge in [0.05, 0.1) is 0 Å². The zero-order chi connectivity index (χ0) is 13.9. The minimum Gasteiger partial charge on any atom is -0.544 e. The molecule has 3 nitrogen and oxygen atoms in total. The third-order valence-corrected chi connectivity index (χ3v) is 4.33. The largest absolute Gasteiger partial charge is 0.544 e. The molecule has 0 amide bonds. The van der Waals surface area contributed by atoms with Gasteiger partial charge in [0.2, 0.25) is 8.32 Å². The van der Waals surface area contributed by atoms with E-state index in [9.17, 15) is 0 Å². The van der Waals surface area contributed by atoms with E-state index < -0.39 is 8.32 Å². The van der Waals surface area contributed by atoms with Crippen LogP contribution in [0.2, 0.25) is 19.6 Å². The van der Waals surface area contributed by atoms with Crippen LogP contribution in [-0.2, 0) is 0 Å². The van der Waals surface area contributed by atoms with Gasteiger partial charge in [-0.2, -0.15) is 0 Å². The molecule has 0 bridgehead atoms. The summed E-state index contributed by atoms with van der Waals surface area (Å²) in [5.41, 5.74) is 1.38. The quantitative estimate of drug-likeness (QED) is 0.857. The third-order valence-electron chi connectivity index (χ3n) is 3.49. The van der Waals surface area contributed by atoms with Crippen LogP contribution in [0.3, 0.4) is 0 Å². The standard InChI is InChI=1S/C15H26N2OSi/c1-13(17-11-9-16-10-12-17)14-5-7-15(8-6-14)18-19(2,3)4/h5-8,13,16H,9-12H2,1-4H3/t13-/m0/s1. The van der Waals surface area contributed by atoms with Crippen LogP contribution in [0.4, 0.5) is 0 Å². The molecule has 0 unspecified atom stereocenters. The van der Waals surface area contributed by atoms with Crippen LogP contribution in [0.15, 0.2) is 24.3 Å². The second kappa shape index (κ2) is 6.07. The Balaban J connectivity index is 2.01. The van der Waals surface area contributed by atoms with Gasteiger partial charge >= 0.3 is 0 Å². The summed E-state index contributed by atoms with van der Waals surface area (Å²) in [5.74, 6) is 1.01. The lowest BCUT2D eigenvalue weighted by Gasteiger charge is -2.33. The molecule has 0 radical (unpaired) electrons. The van der Waals surface area contributed by atoms with Crippen molar-refractivity contribution in [3.8, 4) is 5.75 Å². The summed E-state index contributed by atoms with van der Waals surface area (Å²) in [6.45, 7) is 13.4. The summed E-state index contributed by atoms with van der Waals surface area (Å²) in [7, 11) is -1.49. The van der Waals surface area contributed by atoms with Gasteiger partial charge in [0, 0.05) is 32.2 Å². The van der Waals surface area contributed by atoms with Gasteiger partial charge in [-0.1, -0.05) is 12.1 Å². The first kappa shape index (κ1) is 14.6. The number of benzene rings is 1. The van der Waals surface area contributed by atoms with Gasteiger partial charge in [-0.15, -0.1) is 0 Å². The maximum Gasteiger partial charge on any atom is 0.242 e. The second-order valence-corrected chi connectivity index (χ2v) is 10.7. The zero-order valence-corrected chi connectivity index (χ0v) is 13.6. The molecule has 1 aliphatic heterocycles. The van der Waals surface area contributed by atoms with E-state index in [0.29, 0.717) is 6.04 Å². The highest BCUT2D eigenvalue weighted by molar-refractivity contribution is 6.70. The average Bonchev–Trinajstić information content (AvgIpc) is 2.38. The molecule has 1 fully saturated rings. The van der Waals surface area contributed by atoms with Crippen LogP contribution in [0, 0.1) is 0 Å². The highest BCUT2D eigenvalue weighted by Crippen LogP contribution is 2.24. The van der Waals surface area contributed by atoms with Crippen LogP contribution in [-0.4, -0.2) is 39.4 Å². The molecule has 4 heteroatoms. The lowest BCUT2D eigenvalue weighted by molar-refractivity contribution is 0.185. The predicted molar refractivity (Wildman–Crippen MR) is 83.3 cm³/mol. The SMILES string of the molecule is C[C@@H](c1ccc(O[Si](C)(C)C)cc1)N1CCNCC1. The minimum absolute atomic E-state index is 0.489. The van der Waals surface area contributed by atoms with Crippen molar-refractivity contribution < 1.29 is 4.43 Å². The van der Waals surface area contributed by atoms with E-state index in [4.69, 9.17) is 4.43 Å². The van der Waals surface area contributed by atoms with Crippen molar-refractivity contribution in [2.75, 3.05) is 26.2 Å². The molecule has 106 valence electrons. The van der Waals surface area contributed by atoms with E-state index in [-0.39, 0.29) is 0 Å². The van der Waals surface area contributed by atoms with Crippen molar-refractivity contribution >= 4 is 8.32 Å². The van der Waals surface area contributed by atoms with Crippen molar-refractivity contribution in [3.63, 3.8) is 0 Å². The van der Waals surface area contributed by atoms with Gasteiger partial charge in [-0.05, 0) is 44.3 Å². The first-order valence-corrected chi connectivity index (χ1v) is 10.6. The topological polar surface area (TPSA) is 24.5 Å². The molecule has 1 saturated heterocycles. The first-order chi connectivity index (χ1) is 8.96. The van der Waals surface area contributed by atoms with Crippen molar-refractivity contribution in [2.45, 2.75) is 32.6 Å². The summed E-state index contributed by atoms with van der Waals surface area (Å²) >= 11 is 0. The van der Waals surface area contributed by atoms with Crippen molar-refractivity contribution in [2.24, 2.45) is 0 Å². The molecule has 1 aromatic carbocycles. The van der Waals surface area contributed by atoms with Gasteiger partial charge in [-0.25, -0.2) is 0 Å². The Kier molecular flexibility index (Phi) is 4.65. The minimum atomic E-state index is -1.49. The fraction of sp³-hybridized carbons (Fsp3) is 0.600. The Morgan fingerprint density at radius 3 is 2.21 bits per heavy atom. The van der Waals surface area contributed by atoms with Crippen LogP contribution in [0.25, 0.3) is 0 Å². The molecular formula is C15H26N2OSi. The summed E-state index contributed by atoms with van der Waals surface area (Å²) in [6.07, 6.45) is 0. The molecule has 1 atom stereocenters. The Labute approximate surface area is 118 Å². The van der Waals surface area contributed by atoms with E-state index in [1.807, 2.05) is 0 Å². The van der Waals surface area contributed by atoms with Gasteiger partial charge in [0.1, 0.15) is 5.75 Å². The van der Waals surface area contributed by atoms with Crippen molar-refractivity contribution in [1.82, 2.24) is 10.2 Å². The van der Waals surface area contributed by atoms with E-state index in [0.717, 1.165) is 31.9 Å². The molecule has 0 spiro atoms. The first-order valence-electron chi connectivity index (χ1n) is 7.19.